The topological polar surface area (TPSA) is 103 Å². The van der Waals surface area contributed by atoms with Gasteiger partial charge in [0.25, 0.3) is 5.91 Å². The van der Waals surface area contributed by atoms with Gasteiger partial charge in [-0.05, 0) is 30.3 Å². The lowest BCUT2D eigenvalue weighted by Gasteiger charge is -2.10. The molecule has 0 saturated carbocycles. The molecule has 0 bridgehead atoms. The van der Waals surface area contributed by atoms with Crippen LogP contribution in [-0.4, -0.2) is 41.9 Å². The van der Waals surface area contributed by atoms with Crippen LogP contribution in [0.5, 0.6) is 11.5 Å². The average molecular weight is 472 g/mol. The molecule has 8 nitrogen and oxygen atoms in total. The Morgan fingerprint density at radius 3 is 2.63 bits per heavy atom. The van der Waals surface area contributed by atoms with Gasteiger partial charge in [0, 0.05) is 28.2 Å². The third kappa shape index (κ3) is 4.80. The van der Waals surface area contributed by atoms with E-state index in [1.807, 2.05) is 24.3 Å². The number of aromatic amines is 1. The molecule has 0 saturated heterocycles. The Balaban J connectivity index is 1.32. The Morgan fingerprint density at radius 1 is 1.07 bits per heavy atom. The Bertz CT molecular complexity index is 1060. The predicted octanol–water partition coefficient (Wildman–Crippen LogP) is 3.80. The Labute approximate surface area is 180 Å². The van der Waals surface area contributed by atoms with Crippen LogP contribution in [0.25, 0.3) is 11.3 Å². The molecule has 0 atom stereocenters. The summed E-state index contributed by atoms with van der Waals surface area (Å²) >= 11 is 3.37. The van der Waals surface area contributed by atoms with Gasteiger partial charge in [0.2, 0.25) is 0 Å². The molecule has 0 spiro atoms. The van der Waals surface area contributed by atoms with Crippen molar-refractivity contribution in [2.45, 2.75) is 6.42 Å². The van der Waals surface area contributed by atoms with E-state index in [0.717, 1.165) is 16.5 Å². The molecule has 0 radical (unpaired) electrons. The van der Waals surface area contributed by atoms with Crippen molar-refractivity contribution in [2.75, 3.05) is 25.1 Å². The lowest BCUT2D eigenvalue weighted by atomic mass is 10.1. The van der Waals surface area contributed by atoms with E-state index in [2.05, 4.69) is 31.4 Å². The van der Waals surface area contributed by atoms with E-state index in [0.29, 0.717) is 36.1 Å². The van der Waals surface area contributed by atoms with Gasteiger partial charge in [-0.25, -0.2) is 4.79 Å². The van der Waals surface area contributed by atoms with Gasteiger partial charge < -0.3 is 19.5 Å². The number of hydrogen-bond donors (Lipinski definition) is 2. The molecule has 1 amide bonds. The van der Waals surface area contributed by atoms with Crippen molar-refractivity contribution in [3.05, 3.63) is 58.7 Å². The largest absolute Gasteiger partial charge is 0.490 e. The van der Waals surface area contributed by atoms with Gasteiger partial charge in [-0.15, -0.1) is 0 Å². The molecule has 4 rings (SSSR count). The van der Waals surface area contributed by atoms with Crippen LogP contribution in [-0.2, 0) is 9.53 Å². The second kappa shape index (κ2) is 9.00. The van der Waals surface area contributed by atoms with Crippen LogP contribution < -0.4 is 14.8 Å². The molecule has 1 aromatic heterocycles. The maximum Gasteiger partial charge on any atom is 0.356 e. The smallest absolute Gasteiger partial charge is 0.356 e. The number of carbonyl (C=O) groups is 2. The number of carbonyl (C=O) groups excluding carboxylic acids is 2. The molecule has 0 aliphatic carbocycles. The summed E-state index contributed by atoms with van der Waals surface area (Å²) < 4.78 is 17.2. The standard InChI is InChI=1S/C21H18BrN3O5/c22-14-4-2-13(3-5-14)16-11-17(25-24-16)21(27)30-12-20(26)23-15-6-7-18-19(10-15)29-9-1-8-28-18/h2-7,10-11H,1,8-9,12H2,(H,23,26)(H,24,25). The van der Waals surface area contributed by atoms with E-state index < -0.39 is 18.5 Å². The van der Waals surface area contributed by atoms with Crippen molar-refractivity contribution in [3.63, 3.8) is 0 Å². The zero-order valence-corrected chi connectivity index (χ0v) is 17.4. The molecule has 30 heavy (non-hydrogen) atoms. The number of fused-ring (bicyclic) bond motifs is 1. The second-order valence-corrected chi connectivity index (χ2v) is 7.43. The minimum Gasteiger partial charge on any atom is -0.490 e. The molecule has 154 valence electrons. The molecule has 1 aliphatic rings. The first-order valence-corrected chi connectivity index (χ1v) is 10.1. The average Bonchev–Trinajstić information content (AvgIpc) is 3.12. The Morgan fingerprint density at radius 2 is 1.83 bits per heavy atom. The minimum atomic E-state index is -0.667. The quantitative estimate of drug-likeness (QED) is 0.548. The predicted molar refractivity (Wildman–Crippen MR) is 113 cm³/mol. The van der Waals surface area contributed by atoms with Gasteiger partial charge in [0.1, 0.15) is 5.69 Å². The number of rotatable bonds is 5. The van der Waals surface area contributed by atoms with Gasteiger partial charge in [-0.3, -0.25) is 9.89 Å². The highest BCUT2D eigenvalue weighted by atomic mass is 79.9. The number of ether oxygens (including phenoxy) is 3. The summed E-state index contributed by atoms with van der Waals surface area (Å²) in [5.74, 6) is 0.0723. The van der Waals surface area contributed by atoms with Gasteiger partial charge in [-0.2, -0.15) is 5.10 Å². The summed E-state index contributed by atoms with van der Waals surface area (Å²) in [7, 11) is 0. The van der Waals surface area contributed by atoms with Crippen molar-refractivity contribution in [3.8, 4) is 22.8 Å². The lowest BCUT2D eigenvalue weighted by Crippen LogP contribution is -2.21. The summed E-state index contributed by atoms with van der Waals surface area (Å²) in [6.07, 6.45) is 0.795. The Hall–Kier alpha value is -3.33. The second-order valence-electron chi connectivity index (χ2n) is 6.51. The molecule has 2 aromatic carbocycles. The number of nitrogens with one attached hydrogen (secondary N) is 2. The maximum atomic E-state index is 12.2. The van der Waals surface area contributed by atoms with Crippen LogP contribution in [0.3, 0.4) is 0 Å². The number of benzene rings is 2. The first-order valence-electron chi connectivity index (χ1n) is 9.26. The number of nitrogens with zero attached hydrogens (tertiary/aromatic N) is 1. The van der Waals surface area contributed by atoms with Crippen LogP contribution in [0.1, 0.15) is 16.9 Å². The van der Waals surface area contributed by atoms with Crippen LogP contribution in [0.2, 0.25) is 0 Å². The lowest BCUT2D eigenvalue weighted by molar-refractivity contribution is -0.119. The zero-order chi connectivity index (χ0) is 20.9. The van der Waals surface area contributed by atoms with Crippen molar-refractivity contribution in [1.82, 2.24) is 10.2 Å². The van der Waals surface area contributed by atoms with E-state index in [1.165, 1.54) is 0 Å². The highest BCUT2D eigenvalue weighted by molar-refractivity contribution is 9.10. The molecule has 0 fully saturated rings. The van der Waals surface area contributed by atoms with Crippen LogP contribution in [0.15, 0.2) is 53.0 Å². The van der Waals surface area contributed by atoms with Crippen LogP contribution >= 0.6 is 15.9 Å². The number of halogens is 1. The number of esters is 1. The summed E-state index contributed by atoms with van der Waals surface area (Å²) in [5.41, 5.74) is 2.14. The maximum absolute atomic E-state index is 12.2. The van der Waals surface area contributed by atoms with Gasteiger partial charge in [-0.1, -0.05) is 28.1 Å². The molecule has 1 aliphatic heterocycles. The van der Waals surface area contributed by atoms with Crippen LogP contribution in [0.4, 0.5) is 5.69 Å². The van der Waals surface area contributed by atoms with E-state index in [-0.39, 0.29) is 5.69 Å². The first-order chi connectivity index (χ1) is 14.6. The third-order valence-corrected chi connectivity index (χ3v) is 4.83. The van der Waals surface area contributed by atoms with Gasteiger partial charge in [0.05, 0.1) is 18.9 Å². The molecule has 2 heterocycles. The normalized spacial score (nSPS) is 12.7. The number of anilines is 1. The van der Waals surface area contributed by atoms with E-state index in [9.17, 15) is 9.59 Å². The molecular weight excluding hydrogens is 454 g/mol. The van der Waals surface area contributed by atoms with E-state index in [1.54, 1.807) is 24.3 Å². The number of hydrogen-bond acceptors (Lipinski definition) is 6. The molecule has 2 N–H and O–H groups in total. The van der Waals surface area contributed by atoms with Crippen molar-refractivity contribution in [2.24, 2.45) is 0 Å². The van der Waals surface area contributed by atoms with Gasteiger partial charge >= 0.3 is 5.97 Å². The van der Waals surface area contributed by atoms with E-state index >= 15 is 0 Å². The fourth-order valence-electron chi connectivity index (χ4n) is 2.84. The highest BCUT2D eigenvalue weighted by Crippen LogP contribution is 2.32. The number of H-pyrrole nitrogens is 1. The zero-order valence-electron chi connectivity index (χ0n) is 15.8. The van der Waals surface area contributed by atoms with Crippen molar-refractivity contribution >= 4 is 33.5 Å². The SMILES string of the molecule is O=C(COC(=O)c1cc(-c2ccc(Br)cc2)n[nH]1)Nc1ccc2c(c1)OCCCO2. The fourth-order valence-corrected chi connectivity index (χ4v) is 3.11. The van der Waals surface area contributed by atoms with E-state index in [4.69, 9.17) is 14.2 Å². The third-order valence-electron chi connectivity index (χ3n) is 4.30. The minimum absolute atomic E-state index is 0.163. The van der Waals surface area contributed by atoms with Crippen molar-refractivity contribution in [1.29, 1.82) is 0 Å². The molecule has 0 unspecified atom stereocenters. The van der Waals surface area contributed by atoms with Crippen LogP contribution in [0, 0.1) is 0 Å². The summed E-state index contributed by atoms with van der Waals surface area (Å²) in [4.78, 5) is 24.4. The molecule has 3 aromatic rings. The fraction of sp³-hybridized carbons (Fsp3) is 0.190. The monoisotopic (exact) mass is 471 g/mol. The summed E-state index contributed by atoms with van der Waals surface area (Å²) in [6.45, 7) is 0.708. The molecular formula is C21H18BrN3O5. The van der Waals surface area contributed by atoms with Gasteiger partial charge in [0.15, 0.2) is 18.1 Å². The molecule has 9 heteroatoms. The van der Waals surface area contributed by atoms with Crippen molar-refractivity contribution < 1.29 is 23.8 Å². The number of aromatic nitrogens is 2. The Kier molecular flexibility index (Phi) is 5.99. The number of amides is 1. The first kappa shape index (κ1) is 20.0. The summed E-state index contributed by atoms with van der Waals surface area (Å²) in [6, 6.07) is 14.2. The summed E-state index contributed by atoms with van der Waals surface area (Å²) in [5, 5.41) is 9.42. The highest BCUT2D eigenvalue weighted by Gasteiger charge is 2.16.